The van der Waals surface area contributed by atoms with Gasteiger partial charge in [0.05, 0.1) is 0 Å². The van der Waals surface area contributed by atoms with E-state index in [1.165, 1.54) is 16.9 Å². The molecule has 2 aromatic rings. The van der Waals surface area contributed by atoms with Crippen LogP contribution in [0.1, 0.15) is 27.7 Å². The van der Waals surface area contributed by atoms with Gasteiger partial charge in [-0.1, -0.05) is 30.3 Å². The van der Waals surface area contributed by atoms with E-state index in [0.29, 0.717) is 10.9 Å². The third-order valence-electron chi connectivity index (χ3n) is 3.00. The summed E-state index contributed by atoms with van der Waals surface area (Å²) in [5, 5.41) is 2.51. The van der Waals surface area contributed by atoms with E-state index in [-0.39, 0.29) is 11.7 Å². The van der Waals surface area contributed by atoms with Gasteiger partial charge in [-0.15, -0.1) is 11.3 Å². The molecule has 2 nitrogen and oxygen atoms in total. The molecule has 3 rings (SSSR count). The van der Waals surface area contributed by atoms with Gasteiger partial charge < -0.3 is 0 Å². The van der Waals surface area contributed by atoms with Crippen LogP contribution in [0.15, 0.2) is 41.9 Å². The number of thiazole rings is 1. The summed E-state index contributed by atoms with van der Waals surface area (Å²) >= 11 is 1.44. The molecule has 80 valence electrons. The molecular weight excluding hydrogens is 218 g/mol. The Morgan fingerprint density at radius 3 is 2.81 bits per heavy atom. The molecule has 1 aliphatic carbocycles. The van der Waals surface area contributed by atoms with Crippen LogP contribution in [0.25, 0.3) is 0 Å². The van der Waals surface area contributed by atoms with Crippen molar-refractivity contribution in [1.82, 2.24) is 4.98 Å². The molecule has 1 aromatic carbocycles. The molecule has 1 heterocycles. The number of ketones is 1. The Morgan fingerprint density at radius 2 is 2.12 bits per heavy atom. The van der Waals surface area contributed by atoms with Crippen molar-refractivity contribution in [2.24, 2.45) is 5.92 Å². The van der Waals surface area contributed by atoms with Gasteiger partial charge in [-0.3, -0.25) is 4.79 Å². The van der Waals surface area contributed by atoms with E-state index in [2.05, 4.69) is 17.1 Å². The van der Waals surface area contributed by atoms with Crippen molar-refractivity contribution >= 4 is 17.1 Å². The minimum Gasteiger partial charge on any atom is -0.291 e. The van der Waals surface area contributed by atoms with Crippen LogP contribution in [-0.2, 0) is 0 Å². The van der Waals surface area contributed by atoms with Gasteiger partial charge in [-0.25, -0.2) is 4.98 Å². The molecule has 1 aromatic heterocycles. The van der Waals surface area contributed by atoms with Crippen molar-refractivity contribution in [3.05, 3.63) is 52.5 Å². The number of hydrogen-bond acceptors (Lipinski definition) is 3. The predicted molar refractivity (Wildman–Crippen MR) is 63.7 cm³/mol. The largest absolute Gasteiger partial charge is 0.291 e. The zero-order chi connectivity index (χ0) is 11.0. The number of carbonyl (C=O) groups is 1. The van der Waals surface area contributed by atoms with Crippen molar-refractivity contribution in [2.45, 2.75) is 12.3 Å². The maximum absolute atomic E-state index is 12.0. The van der Waals surface area contributed by atoms with Gasteiger partial charge in [-0.05, 0) is 17.9 Å². The minimum absolute atomic E-state index is 0.161. The van der Waals surface area contributed by atoms with Crippen LogP contribution < -0.4 is 0 Å². The summed E-state index contributed by atoms with van der Waals surface area (Å²) in [4.78, 5) is 16.1. The summed E-state index contributed by atoms with van der Waals surface area (Å²) in [5.74, 6) is 0.787. The lowest BCUT2D eigenvalue weighted by Gasteiger charge is -1.97. The zero-order valence-electron chi connectivity index (χ0n) is 8.67. The molecule has 0 bridgehead atoms. The molecule has 2 unspecified atom stereocenters. The van der Waals surface area contributed by atoms with Gasteiger partial charge >= 0.3 is 0 Å². The number of Topliss-reactive ketones (excluding diaryl/α,β-unsaturated/α-hetero) is 1. The van der Waals surface area contributed by atoms with E-state index < -0.39 is 0 Å². The molecule has 0 saturated heterocycles. The molecule has 0 aliphatic heterocycles. The highest BCUT2D eigenvalue weighted by atomic mass is 32.1. The highest BCUT2D eigenvalue weighted by Gasteiger charge is 2.44. The van der Waals surface area contributed by atoms with Crippen molar-refractivity contribution in [3.8, 4) is 0 Å². The molecular formula is C13H11NOS. The summed E-state index contributed by atoms with van der Waals surface area (Å²) in [6.07, 6.45) is 2.67. The van der Waals surface area contributed by atoms with Gasteiger partial charge in [-0.2, -0.15) is 0 Å². The smallest absolute Gasteiger partial charge is 0.195 e. The van der Waals surface area contributed by atoms with E-state index in [0.717, 1.165) is 6.42 Å². The number of hydrogen-bond donors (Lipinski definition) is 0. The number of nitrogens with zero attached hydrogens (tertiary/aromatic N) is 1. The Hall–Kier alpha value is -1.48. The molecule has 0 amide bonds. The van der Waals surface area contributed by atoms with Crippen molar-refractivity contribution in [3.63, 3.8) is 0 Å². The van der Waals surface area contributed by atoms with Crippen LogP contribution in [0.4, 0.5) is 0 Å². The summed E-state index contributed by atoms with van der Waals surface area (Å²) < 4.78 is 0. The van der Waals surface area contributed by atoms with Crippen molar-refractivity contribution in [1.29, 1.82) is 0 Å². The zero-order valence-corrected chi connectivity index (χ0v) is 9.48. The Balaban J connectivity index is 1.75. The van der Waals surface area contributed by atoms with Crippen LogP contribution in [-0.4, -0.2) is 10.8 Å². The summed E-state index contributed by atoms with van der Waals surface area (Å²) in [6, 6.07) is 10.3. The molecule has 16 heavy (non-hydrogen) atoms. The number of rotatable bonds is 3. The van der Waals surface area contributed by atoms with Crippen LogP contribution in [0.2, 0.25) is 0 Å². The van der Waals surface area contributed by atoms with Gasteiger partial charge in [0.2, 0.25) is 0 Å². The third kappa shape index (κ3) is 1.67. The first-order chi connectivity index (χ1) is 7.86. The standard InChI is InChI=1S/C13H11NOS/c15-12(13-14-6-7-16-13)11-8-10(11)9-4-2-1-3-5-9/h1-7,10-11H,8H2. The molecule has 0 spiro atoms. The lowest BCUT2D eigenvalue weighted by atomic mass is 10.1. The van der Waals surface area contributed by atoms with E-state index in [1.807, 2.05) is 23.6 Å². The number of aromatic nitrogens is 1. The predicted octanol–water partition coefficient (Wildman–Crippen LogP) is 3.13. The summed E-state index contributed by atoms with van der Waals surface area (Å²) in [5.41, 5.74) is 1.28. The van der Waals surface area contributed by atoms with E-state index in [9.17, 15) is 4.79 Å². The third-order valence-corrected chi connectivity index (χ3v) is 3.79. The fourth-order valence-corrected chi connectivity index (χ4v) is 2.70. The first kappa shape index (κ1) is 9.73. The molecule has 0 N–H and O–H groups in total. The number of carbonyl (C=O) groups excluding carboxylic acids is 1. The molecule has 0 radical (unpaired) electrons. The molecule has 3 heteroatoms. The molecule has 1 saturated carbocycles. The fraction of sp³-hybridized carbons (Fsp3) is 0.231. The van der Waals surface area contributed by atoms with Crippen LogP contribution in [0.5, 0.6) is 0 Å². The second-order valence-electron chi connectivity index (χ2n) is 4.06. The van der Waals surface area contributed by atoms with Crippen molar-refractivity contribution in [2.75, 3.05) is 0 Å². The van der Waals surface area contributed by atoms with Gasteiger partial charge in [0.25, 0.3) is 0 Å². The van der Waals surface area contributed by atoms with E-state index in [1.54, 1.807) is 6.20 Å². The molecule has 1 aliphatic rings. The molecule has 1 fully saturated rings. The van der Waals surface area contributed by atoms with Crippen LogP contribution in [0.3, 0.4) is 0 Å². The van der Waals surface area contributed by atoms with E-state index in [4.69, 9.17) is 0 Å². The number of benzene rings is 1. The Kier molecular flexibility index (Phi) is 2.33. The maximum atomic E-state index is 12.0. The van der Waals surface area contributed by atoms with Crippen LogP contribution >= 0.6 is 11.3 Å². The average Bonchev–Trinajstić information content (AvgIpc) is 2.95. The topological polar surface area (TPSA) is 30.0 Å². The SMILES string of the molecule is O=C(c1nccs1)C1CC1c1ccccc1. The molecule has 2 atom stereocenters. The quantitative estimate of drug-likeness (QED) is 0.757. The lowest BCUT2D eigenvalue weighted by molar-refractivity contribution is 0.0965. The second-order valence-corrected chi connectivity index (χ2v) is 4.96. The monoisotopic (exact) mass is 229 g/mol. The average molecular weight is 229 g/mol. The Morgan fingerprint density at radius 1 is 1.31 bits per heavy atom. The van der Waals surface area contributed by atoms with Gasteiger partial charge in [0.1, 0.15) is 0 Å². The normalized spacial score (nSPS) is 23.0. The summed E-state index contributed by atoms with van der Waals surface area (Å²) in [6.45, 7) is 0. The minimum atomic E-state index is 0.161. The van der Waals surface area contributed by atoms with Crippen LogP contribution in [0, 0.1) is 5.92 Å². The highest BCUT2D eigenvalue weighted by Crippen LogP contribution is 2.49. The maximum Gasteiger partial charge on any atom is 0.195 e. The summed E-state index contributed by atoms with van der Waals surface area (Å²) in [7, 11) is 0. The first-order valence-corrected chi connectivity index (χ1v) is 6.23. The Bertz CT molecular complexity index is 492. The van der Waals surface area contributed by atoms with Gasteiger partial charge in [0, 0.05) is 17.5 Å². The second kappa shape index (κ2) is 3.83. The van der Waals surface area contributed by atoms with E-state index >= 15 is 0 Å². The first-order valence-electron chi connectivity index (χ1n) is 5.35. The Labute approximate surface area is 98.0 Å². The lowest BCUT2D eigenvalue weighted by Crippen LogP contribution is -2.02. The fourth-order valence-electron chi connectivity index (χ4n) is 2.06. The highest BCUT2D eigenvalue weighted by molar-refractivity contribution is 7.11. The van der Waals surface area contributed by atoms with Crippen molar-refractivity contribution < 1.29 is 4.79 Å². The van der Waals surface area contributed by atoms with Gasteiger partial charge in [0.15, 0.2) is 10.8 Å².